The molecule has 33 heavy (non-hydrogen) atoms. The number of imidazole rings is 1. The van der Waals surface area contributed by atoms with Gasteiger partial charge in [0.1, 0.15) is 0 Å². The van der Waals surface area contributed by atoms with Crippen LogP contribution in [0.1, 0.15) is 19.4 Å². The molecule has 0 atom stereocenters. The second-order valence-corrected chi connectivity index (χ2v) is 8.63. The van der Waals surface area contributed by atoms with Gasteiger partial charge in [-0.3, -0.25) is 14.6 Å². The van der Waals surface area contributed by atoms with Gasteiger partial charge in [-0.1, -0.05) is 18.2 Å². The van der Waals surface area contributed by atoms with E-state index < -0.39 is 5.41 Å². The molecule has 0 aliphatic carbocycles. The molecule has 5 aromatic rings. The Morgan fingerprint density at radius 1 is 1.03 bits per heavy atom. The quantitative estimate of drug-likeness (QED) is 0.448. The van der Waals surface area contributed by atoms with Crippen molar-refractivity contribution in [2.45, 2.75) is 19.3 Å². The van der Waals surface area contributed by atoms with Crippen LogP contribution in [0.4, 0.5) is 0 Å². The average Bonchev–Trinajstić information content (AvgIpc) is 3.43. The van der Waals surface area contributed by atoms with Crippen LogP contribution in [0.5, 0.6) is 0 Å². The van der Waals surface area contributed by atoms with E-state index in [2.05, 4.69) is 27.3 Å². The number of nitrogens with one attached hydrogen (secondary N) is 1. The van der Waals surface area contributed by atoms with Crippen molar-refractivity contribution in [2.24, 2.45) is 7.05 Å². The minimum absolute atomic E-state index is 0.163. The van der Waals surface area contributed by atoms with Gasteiger partial charge in [-0.2, -0.15) is 10.4 Å². The number of pyridine rings is 1. The number of nitriles is 1. The minimum Gasteiger partial charge on any atom is -0.301 e. The summed E-state index contributed by atoms with van der Waals surface area (Å²) < 4.78 is 3.20. The molecule has 162 valence electrons. The van der Waals surface area contributed by atoms with Crippen LogP contribution in [0.2, 0.25) is 0 Å². The van der Waals surface area contributed by atoms with E-state index in [1.165, 1.54) is 0 Å². The van der Waals surface area contributed by atoms with E-state index in [9.17, 15) is 10.1 Å². The van der Waals surface area contributed by atoms with Gasteiger partial charge in [0.05, 0.1) is 40.3 Å². The molecule has 0 saturated carbocycles. The fraction of sp³-hybridized carbons (Fsp3) is 0.154. The molecular weight excluding hydrogens is 412 g/mol. The lowest BCUT2D eigenvalue weighted by atomic mass is 9.86. The third kappa shape index (κ3) is 3.52. The summed E-state index contributed by atoms with van der Waals surface area (Å²) >= 11 is 0. The van der Waals surface area contributed by atoms with Gasteiger partial charge in [-0.25, -0.2) is 4.79 Å². The number of aryl methyl sites for hydroxylation is 1. The van der Waals surface area contributed by atoms with Gasteiger partial charge in [0.15, 0.2) is 0 Å². The second-order valence-electron chi connectivity index (χ2n) is 8.63. The van der Waals surface area contributed by atoms with Crippen LogP contribution >= 0.6 is 0 Å². The Hall–Kier alpha value is -4.44. The number of fused-ring (bicyclic) bond motifs is 1. The van der Waals surface area contributed by atoms with Crippen LogP contribution in [0.15, 0.2) is 78.0 Å². The number of hydrogen-bond donors (Lipinski definition) is 1. The van der Waals surface area contributed by atoms with E-state index in [1.807, 2.05) is 62.4 Å². The predicted molar refractivity (Wildman–Crippen MR) is 128 cm³/mol. The zero-order chi connectivity index (χ0) is 23.2. The third-order valence-corrected chi connectivity index (χ3v) is 5.97. The molecule has 0 spiro atoms. The van der Waals surface area contributed by atoms with Gasteiger partial charge in [-0.15, -0.1) is 0 Å². The number of benzene rings is 2. The zero-order valence-corrected chi connectivity index (χ0v) is 18.6. The standard InChI is InChI=1S/C26H22N6O/c1-26(2,16-27)20-5-7-21(8-6-20)32-24(15-31(3)25(32)33)23-13-18(10-11-28-23)17-4-9-22-19(12-17)14-29-30-22/h4-15H,1-3H3,(H,29,30). The van der Waals surface area contributed by atoms with Crippen molar-refractivity contribution in [3.63, 3.8) is 0 Å². The largest absolute Gasteiger partial charge is 0.333 e. The van der Waals surface area contributed by atoms with Crippen molar-refractivity contribution in [3.05, 3.63) is 89.2 Å². The number of aromatic amines is 1. The van der Waals surface area contributed by atoms with E-state index in [-0.39, 0.29) is 5.69 Å². The molecule has 0 aliphatic rings. The Labute approximate surface area is 190 Å². The summed E-state index contributed by atoms with van der Waals surface area (Å²) in [5.41, 5.74) is 5.26. The lowest BCUT2D eigenvalue weighted by Crippen LogP contribution is -2.21. The number of rotatable bonds is 4. The monoisotopic (exact) mass is 434 g/mol. The first kappa shape index (κ1) is 20.5. The molecular formula is C26H22N6O. The number of aromatic nitrogens is 5. The molecule has 0 radical (unpaired) electrons. The molecule has 7 nitrogen and oxygen atoms in total. The van der Waals surface area contributed by atoms with E-state index in [1.54, 1.807) is 34.8 Å². The van der Waals surface area contributed by atoms with Gasteiger partial charge >= 0.3 is 5.69 Å². The molecule has 1 N–H and O–H groups in total. The topological polar surface area (TPSA) is 92.3 Å². The highest BCUT2D eigenvalue weighted by atomic mass is 16.1. The Kier molecular flexibility index (Phi) is 4.72. The van der Waals surface area contributed by atoms with Gasteiger partial charge in [0.2, 0.25) is 0 Å². The van der Waals surface area contributed by atoms with E-state index in [4.69, 9.17) is 0 Å². The SMILES string of the molecule is Cn1cc(-c2cc(-c3ccc4[nH]ncc4c3)ccn2)n(-c2ccc(C(C)(C)C#N)cc2)c1=O. The van der Waals surface area contributed by atoms with Crippen LogP contribution in [-0.2, 0) is 12.5 Å². The summed E-state index contributed by atoms with van der Waals surface area (Å²) in [6.45, 7) is 3.75. The minimum atomic E-state index is -0.602. The smallest absolute Gasteiger partial charge is 0.301 e. The number of hydrogen-bond acceptors (Lipinski definition) is 4. The van der Waals surface area contributed by atoms with Crippen molar-refractivity contribution in [1.29, 1.82) is 5.26 Å². The molecule has 2 aromatic carbocycles. The second kappa shape index (κ2) is 7.61. The molecule has 3 heterocycles. The molecule has 7 heteroatoms. The highest BCUT2D eigenvalue weighted by molar-refractivity contribution is 5.84. The Morgan fingerprint density at radius 3 is 2.55 bits per heavy atom. The number of nitrogens with zero attached hydrogens (tertiary/aromatic N) is 5. The molecule has 3 aromatic heterocycles. The molecule has 0 bridgehead atoms. The lowest BCUT2D eigenvalue weighted by molar-refractivity contribution is 0.686. The van der Waals surface area contributed by atoms with Crippen LogP contribution in [0.25, 0.3) is 39.1 Å². The van der Waals surface area contributed by atoms with Crippen molar-refractivity contribution in [1.82, 2.24) is 24.3 Å². The van der Waals surface area contributed by atoms with Gasteiger partial charge in [0.25, 0.3) is 0 Å². The molecule has 0 aliphatic heterocycles. The van der Waals surface area contributed by atoms with Crippen molar-refractivity contribution in [3.8, 4) is 34.3 Å². The highest BCUT2D eigenvalue weighted by Gasteiger charge is 2.20. The highest BCUT2D eigenvalue weighted by Crippen LogP contribution is 2.28. The maximum atomic E-state index is 13.0. The van der Waals surface area contributed by atoms with Crippen molar-refractivity contribution in [2.75, 3.05) is 0 Å². The van der Waals surface area contributed by atoms with Gasteiger partial charge in [-0.05, 0) is 66.9 Å². The molecule has 5 rings (SSSR count). The maximum absolute atomic E-state index is 13.0. The Bertz CT molecular complexity index is 1580. The summed E-state index contributed by atoms with van der Waals surface area (Å²) in [7, 11) is 1.73. The molecule has 0 saturated heterocycles. The maximum Gasteiger partial charge on any atom is 0.333 e. The molecule has 0 unspecified atom stereocenters. The van der Waals surface area contributed by atoms with E-state index in [0.29, 0.717) is 11.4 Å². The summed E-state index contributed by atoms with van der Waals surface area (Å²) in [6, 6.07) is 19.9. The number of H-pyrrole nitrogens is 1. The van der Waals surface area contributed by atoms with Crippen LogP contribution < -0.4 is 5.69 Å². The van der Waals surface area contributed by atoms with Crippen LogP contribution in [0, 0.1) is 11.3 Å². The normalized spacial score (nSPS) is 11.6. The summed E-state index contributed by atoms with van der Waals surface area (Å²) in [4.78, 5) is 17.6. The first-order valence-electron chi connectivity index (χ1n) is 10.6. The molecule has 0 amide bonds. The summed E-state index contributed by atoms with van der Waals surface area (Å²) in [5.74, 6) is 0. The Morgan fingerprint density at radius 2 is 1.79 bits per heavy atom. The fourth-order valence-electron chi connectivity index (χ4n) is 3.95. The van der Waals surface area contributed by atoms with Crippen molar-refractivity contribution < 1.29 is 0 Å². The fourth-order valence-corrected chi connectivity index (χ4v) is 3.95. The summed E-state index contributed by atoms with van der Waals surface area (Å²) in [6.07, 6.45) is 5.35. The zero-order valence-electron chi connectivity index (χ0n) is 18.6. The van der Waals surface area contributed by atoms with E-state index >= 15 is 0 Å². The molecule has 0 fully saturated rings. The van der Waals surface area contributed by atoms with Crippen LogP contribution in [0.3, 0.4) is 0 Å². The Balaban J connectivity index is 1.60. The average molecular weight is 435 g/mol. The van der Waals surface area contributed by atoms with Gasteiger partial charge in [0, 0.05) is 24.8 Å². The first-order valence-corrected chi connectivity index (χ1v) is 10.6. The van der Waals surface area contributed by atoms with E-state index in [0.717, 1.165) is 33.3 Å². The third-order valence-electron chi connectivity index (χ3n) is 5.97. The van der Waals surface area contributed by atoms with Crippen LogP contribution in [-0.4, -0.2) is 24.3 Å². The lowest BCUT2D eigenvalue weighted by Gasteiger charge is -2.16. The van der Waals surface area contributed by atoms with Gasteiger partial charge < -0.3 is 4.57 Å². The predicted octanol–water partition coefficient (Wildman–Crippen LogP) is 4.58. The van der Waals surface area contributed by atoms with Crippen molar-refractivity contribution >= 4 is 10.9 Å². The summed E-state index contributed by atoms with van der Waals surface area (Å²) in [5, 5.41) is 17.5. The first-order chi connectivity index (χ1) is 15.9.